The predicted octanol–water partition coefficient (Wildman–Crippen LogP) is 4.27. The monoisotopic (exact) mass is 449 g/mol. The van der Waals surface area contributed by atoms with Crippen LogP contribution in [-0.2, 0) is 6.61 Å². The molecule has 0 saturated heterocycles. The molecule has 3 aromatic rings. The molecule has 1 amide bonds. The van der Waals surface area contributed by atoms with E-state index in [9.17, 15) is 20.0 Å². The van der Waals surface area contributed by atoms with Crippen LogP contribution in [0.2, 0.25) is 0 Å². The summed E-state index contributed by atoms with van der Waals surface area (Å²) in [5, 5.41) is 24.9. The molecule has 0 saturated carbocycles. The quantitative estimate of drug-likeness (QED) is 0.301. The summed E-state index contributed by atoms with van der Waals surface area (Å²) in [6, 6.07) is 14.4. The third-order valence-corrected chi connectivity index (χ3v) is 4.86. The molecule has 0 aromatic heterocycles. The van der Waals surface area contributed by atoms with Gasteiger partial charge in [0.25, 0.3) is 5.91 Å². The number of hydrazone groups is 1. The number of nitrogens with one attached hydrogen (secondary N) is 1. The number of nitrogens with zero attached hydrogens (tertiary/aromatic N) is 2. The lowest BCUT2D eigenvalue weighted by molar-refractivity contribution is -0.386. The summed E-state index contributed by atoms with van der Waals surface area (Å²) in [6.45, 7) is 4.04. The van der Waals surface area contributed by atoms with Gasteiger partial charge >= 0.3 is 5.69 Å². The third kappa shape index (κ3) is 5.85. The molecule has 0 bridgehead atoms. The van der Waals surface area contributed by atoms with Crippen LogP contribution in [-0.4, -0.2) is 29.3 Å². The van der Waals surface area contributed by atoms with E-state index in [-0.39, 0.29) is 29.5 Å². The van der Waals surface area contributed by atoms with E-state index in [1.165, 1.54) is 49.7 Å². The molecule has 3 rings (SSSR count). The number of benzene rings is 3. The van der Waals surface area contributed by atoms with Crippen molar-refractivity contribution in [1.82, 2.24) is 5.43 Å². The Balaban J connectivity index is 1.81. The highest BCUT2D eigenvalue weighted by Crippen LogP contribution is 2.38. The van der Waals surface area contributed by atoms with Gasteiger partial charge in [-0.1, -0.05) is 23.8 Å². The summed E-state index contributed by atoms with van der Waals surface area (Å²) in [4.78, 5) is 23.3. The minimum absolute atomic E-state index is 0.00804. The van der Waals surface area contributed by atoms with Gasteiger partial charge < -0.3 is 14.6 Å². The van der Waals surface area contributed by atoms with Crippen molar-refractivity contribution in [3.63, 3.8) is 0 Å². The Kier molecular flexibility index (Phi) is 7.24. The zero-order chi connectivity index (χ0) is 24.0. The van der Waals surface area contributed by atoms with Gasteiger partial charge in [0.2, 0.25) is 5.75 Å². The molecule has 170 valence electrons. The molecule has 2 N–H and O–H groups in total. The predicted molar refractivity (Wildman–Crippen MR) is 123 cm³/mol. The zero-order valence-corrected chi connectivity index (χ0v) is 18.4. The molecular weight excluding hydrogens is 426 g/mol. The average molecular weight is 449 g/mol. The zero-order valence-electron chi connectivity index (χ0n) is 18.4. The van der Waals surface area contributed by atoms with Crippen molar-refractivity contribution in [3.8, 4) is 17.2 Å². The fourth-order valence-corrected chi connectivity index (χ4v) is 3.06. The van der Waals surface area contributed by atoms with Gasteiger partial charge in [-0.05, 0) is 55.3 Å². The maximum Gasteiger partial charge on any atom is 0.315 e. The molecule has 0 aliphatic carbocycles. The molecule has 9 heteroatoms. The number of phenols is 1. The maximum atomic E-state index is 12.1. The Morgan fingerprint density at radius 1 is 1.15 bits per heavy atom. The van der Waals surface area contributed by atoms with Gasteiger partial charge in [-0.2, -0.15) is 5.10 Å². The minimum Gasteiger partial charge on any atom is -0.508 e. The number of amides is 1. The van der Waals surface area contributed by atoms with Crippen LogP contribution in [0.15, 0.2) is 59.7 Å². The van der Waals surface area contributed by atoms with Crippen molar-refractivity contribution in [1.29, 1.82) is 0 Å². The highest BCUT2D eigenvalue weighted by molar-refractivity contribution is 5.95. The standard InChI is InChI=1S/C24H23N3O6/c1-15-4-5-16(2)19(10-15)14-33-23-21(27(30)31)11-17(12-22(23)32-3)13-25-26-24(29)18-6-8-20(28)9-7-18/h4-13,28H,14H2,1-3H3,(H,26,29)/b25-13-. The number of aromatic hydroxyl groups is 1. The smallest absolute Gasteiger partial charge is 0.315 e. The fourth-order valence-electron chi connectivity index (χ4n) is 3.06. The SMILES string of the molecule is COc1cc(/C=N\NC(=O)c2ccc(O)cc2)cc([N+](=O)[O-])c1OCc1cc(C)ccc1C. The first kappa shape index (κ1) is 23.3. The van der Waals surface area contributed by atoms with E-state index in [1.807, 2.05) is 32.0 Å². The highest BCUT2D eigenvalue weighted by atomic mass is 16.6. The van der Waals surface area contributed by atoms with Crippen LogP contribution in [0, 0.1) is 24.0 Å². The number of carbonyl (C=O) groups excluding carboxylic acids is 1. The highest BCUT2D eigenvalue weighted by Gasteiger charge is 2.22. The molecule has 0 unspecified atom stereocenters. The molecule has 0 heterocycles. The van der Waals surface area contributed by atoms with Crippen LogP contribution in [0.5, 0.6) is 17.2 Å². The van der Waals surface area contributed by atoms with Gasteiger partial charge in [0.1, 0.15) is 12.4 Å². The van der Waals surface area contributed by atoms with Gasteiger partial charge in [0, 0.05) is 17.2 Å². The first-order valence-corrected chi connectivity index (χ1v) is 9.96. The molecular formula is C24H23N3O6. The number of methoxy groups -OCH3 is 1. The summed E-state index contributed by atoms with van der Waals surface area (Å²) in [6.07, 6.45) is 1.27. The summed E-state index contributed by atoms with van der Waals surface area (Å²) in [5.74, 6) is -0.287. The Labute approximate surface area is 190 Å². The number of hydrogen-bond acceptors (Lipinski definition) is 7. The van der Waals surface area contributed by atoms with Crippen LogP contribution in [0.25, 0.3) is 0 Å². The van der Waals surface area contributed by atoms with E-state index >= 15 is 0 Å². The third-order valence-electron chi connectivity index (χ3n) is 4.86. The Bertz CT molecular complexity index is 1210. The lowest BCUT2D eigenvalue weighted by Gasteiger charge is -2.13. The van der Waals surface area contributed by atoms with Crippen molar-refractivity contribution in [2.24, 2.45) is 5.10 Å². The van der Waals surface area contributed by atoms with Crippen LogP contribution in [0.3, 0.4) is 0 Å². The minimum atomic E-state index is -0.562. The Hall–Kier alpha value is -4.40. The number of nitro groups is 1. The van der Waals surface area contributed by atoms with Crippen LogP contribution < -0.4 is 14.9 Å². The second kappa shape index (κ2) is 10.3. The first-order valence-electron chi connectivity index (χ1n) is 9.96. The van der Waals surface area contributed by atoms with Gasteiger partial charge in [0.15, 0.2) is 5.75 Å². The number of phenolic OH excluding ortho intramolecular Hbond substituents is 1. The summed E-state index contributed by atoms with van der Waals surface area (Å²) in [5.41, 5.74) is 5.66. The Morgan fingerprint density at radius 3 is 2.55 bits per heavy atom. The molecule has 0 spiro atoms. The van der Waals surface area contributed by atoms with E-state index in [4.69, 9.17) is 9.47 Å². The number of hydrogen-bond donors (Lipinski definition) is 2. The van der Waals surface area contributed by atoms with Crippen molar-refractivity contribution in [2.45, 2.75) is 20.5 Å². The second-order valence-electron chi connectivity index (χ2n) is 7.29. The molecule has 0 radical (unpaired) electrons. The number of nitro benzene ring substituents is 1. The van der Waals surface area contributed by atoms with E-state index in [1.54, 1.807) is 0 Å². The number of rotatable bonds is 8. The topological polar surface area (TPSA) is 123 Å². The largest absolute Gasteiger partial charge is 0.508 e. The van der Waals surface area contributed by atoms with Crippen molar-refractivity contribution in [2.75, 3.05) is 7.11 Å². The van der Waals surface area contributed by atoms with Crippen LogP contribution in [0.4, 0.5) is 5.69 Å². The van der Waals surface area contributed by atoms with Gasteiger partial charge in [-0.15, -0.1) is 0 Å². The lowest BCUT2D eigenvalue weighted by Crippen LogP contribution is -2.17. The van der Waals surface area contributed by atoms with Gasteiger partial charge in [0.05, 0.1) is 18.2 Å². The lowest BCUT2D eigenvalue weighted by atomic mass is 10.1. The van der Waals surface area contributed by atoms with Crippen LogP contribution in [0.1, 0.15) is 32.6 Å². The normalized spacial score (nSPS) is 10.8. The summed E-state index contributed by atoms with van der Waals surface area (Å²) < 4.78 is 11.1. The number of aryl methyl sites for hydroxylation is 2. The average Bonchev–Trinajstić information content (AvgIpc) is 2.79. The van der Waals surface area contributed by atoms with E-state index < -0.39 is 10.8 Å². The van der Waals surface area contributed by atoms with Crippen LogP contribution >= 0.6 is 0 Å². The molecule has 0 atom stereocenters. The maximum absolute atomic E-state index is 12.1. The first-order chi connectivity index (χ1) is 15.8. The molecule has 0 fully saturated rings. The number of ether oxygens (including phenoxy) is 2. The molecule has 3 aromatic carbocycles. The van der Waals surface area contributed by atoms with Crippen molar-refractivity contribution in [3.05, 3.63) is 92.5 Å². The number of carbonyl (C=O) groups is 1. The molecule has 0 aliphatic heterocycles. The van der Waals surface area contributed by atoms with E-state index in [2.05, 4.69) is 10.5 Å². The van der Waals surface area contributed by atoms with E-state index in [0.717, 1.165) is 16.7 Å². The molecule has 0 aliphatic rings. The summed E-state index contributed by atoms with van der Waals surface area (Å²) >= 11 is 0. The second-order valence-corrected chi connectivity index (χ2v) is 7.29. The molecule has 9 nitrogen and oxygen atoms in total. The van der Waals surface area contributed by atoms with Gasteiger partial charge in [-0.25, -0.2) is 5.43 Å². The van der Waals surface area contributed by atoms with Gasteiger partial charge in [-0.3, -0.25) is 14.9 Å². The molecule has 33 heavy (non-hydrogen) atoms. The van der Waals surface area contributed by atoms with Crippen molar-refractivity contribution >= 4 is 17.8 Å². The summed E-state index contributed by atoms with van der Waals surface area (Å²) in [7, 11) is 1.39. The fraction of sp³-hybridized carbons (Fsp3) is 0.167. The Morgan fingerprint density at radius 2 is 1.88 bits per heavy atom. The van der Waals surface area contributed by atoms with Crippen molar-refractivity contribution < 1.29 is 24.3 Å². The van der Waals surface area contributed by atoms with E-state index in [0.29, 0.717) is 11.1 Å².